The van der Waals surface area contributed by atoms with Crippen LogP contribution in [0.2, 0.25) is 5.02 Å². The molecule has 0 fully saturated rings. The van der Waals surface area contributed by atoms with E-state index in [1.165, 1.54) is 36.4 Å². The van der Waals surface area contributed by atoms with E-state index in [9.17, 15) is 27.2 Å². The quantitative estimate of drug-likeness (QED) is 0.320. The van der Waals surface area contributed by atoms with Crippen LogP contribution in [0.5, 0.6) is 0 Å². The molecule has 0 aliphatic rings. The summed E-state index contributed by atoms with van der Waals surface area (Å²) in [5.74, 6) is -1.80. The molecule has 3 aromatic rings. The predicted octanol–water partition coefficient (Wildman–Crippen LogP) is 6.36. The number of hydrogen-bond donors (Lipinski definition) is 2. The van der Waals surface area contributed by atoms with Crippen LogP contribution in [0.25, 0.3) is 0 Å². The molecule has 0 saturated carbocycles. The molecule has 0 radical (unpaired) electrons. The second kappa shape index (κ2) is 9.62. The minimum absolute atomic E-state index is 0.0795. The number of amides is 1. The minimum atomic E-state index is -4.55. The Bertz CT molecular complexity index is 1230. The van der Waals surface area contributed by atoms with E-state index < -0.39 is 24.4 Å². The lowest BCUT2D eigenvalue weighted by atomic mass is 9.96. The zero-order chi connectivity index (χ0) is 24.3. The number of alkyl halides is 3. The van der Waals surface area contributed by atoms with E-state index in [1.807, 2.05) is 0 Å². The SMILES string of the molecule is Cc1ccc(C(=O)NCC(F)(F)F)cc1C(=O)c1ccc(Nc2cccc(F)c2C)cc1Cl. The average molecular weight is 479 g/mol. The number of ketones is 1. The average Bonchev–Trinajstić information content (AvgIpc) is 2.75. The van der Waals surface area contributed by atoms with Crippen LogP contribution in [0.15, 0.2) is 54.6 Å². The first kappa shape index (κ1) is 24.3. The third-order valence-electron chi connectivity index (χ3n) is 4.95. The number of nitrogens with one attached hydrogen (secondary N) is 2. The van der Waals surface area contributed by atoms with Gasteiger partial charge >= 0.3 is 6.18 Å². The molecular formula is C24H19ClF4N2O2. The van der Waals surface area contributed by atoms with Gasteiger partial charge in [0.15, 0.2) is 5.78 Å². The van der Waals surface area contributed by atoms with E-state index in [-0.39, 0.29) is 27.5 Å². The standard InChI is InChI=1S/C24H19ClF4N2O2/c1-13-6-7-15(23(33)30-12-24(27,28)29)10-18(13)22(32)17-9-8-16(11-19(17)25)31-21-5-3-4-20(26)14(21)2/h3-11,31H,12H2,1-2H3,(H,30,33). The summed E-state index contributed by atoms with van der Waals surface area (Å²) in [6.07, 6.45) is -4.55. The molecule has 0 saturated heterocycles. The number of carbonyl (C=O) groups excluding carboxylic acids is 2. The van der Waals surface area contributed by atoms with Crippen LogP contribution in [0.3, 0.4) is 0 Å². The summed E-state index contributed by atoms with van der Waals surface area (Å²) >= 11 is 6.33. The summed E-state index contributed by atoms with van der Waals surface area (Å²) in [6, 6.07) is 13.2. The highest BCUT2D eigenvalue weighted by atomic mass is 35.5. The van der Waals surface area contributed by atoms with Crippen molar-refractivity contribution in [2.24, 2.45) is 0 Å². The summed E-state index contributed by atoms with van der Waals surface area (Å²) in [5, 5.41) is 4.94. The molecule has 0 aliphatic heterocycles. The van der Waals surface area contributed by atoms with Crippen molar-refractivity contribution in [1.29, 1.82) is 0 Å². The van der Waals surface area contributed by atoms with Gasteiger partial charge in [0.25, 0.3) is 5.91 Å². The topological polar surface area (TPSA) is 58.2 Å². The second-order valence-corrected chi connectivity index (χ2v) is 7.80. The van der Waals surface area contributed by atoms with Gasteiger partial charge in [-0.2, -0.15) is 13.2 Å². The number of hydrogen-bond acceptors (Lipinski definition) is 3. The van der Waals surface area contributed by atoms with E-state index >= 15 is 0 Å². The van der Waals surface area contributed by atoms with E-state index in [1.54, 1.807) is 37.4 Å². The summed E-state index contributed by atoms with van der Waals surface area (Å²) in [4.78, 5) is 25.1. The number of benzene rings is 3. The molecule has 0 atom stereocenters. The van der Waals surface area contributed by atoms with E-state index in [2.05, 4.69) is 5.32 Å². The second-order valence-electron chi connectivity index (χ2n) is 7.39. The number of anilines is 2. The molecule has 9 heteroatoms. The fraction of sp³-hybridized carbons (Fsp3) is 0.167. The molecule has 4 nitrogen and oxygen atoms in total. The summed E-state index contributed by atoms with van der Waals surface area (Å²) < 4.78 is 50.9. The Morgan fingerprint density at radius 3 is 2.36 bits per heavy atom. The molecule has 0 unspecified atom stereocenters. The maximum Gasteiger partial charge on any atom is 0.405 e. The van der Waals surface area contributed by atoms with Crippen LogP contribution in [0.4, 0.5) is 28.9 Å². The molecule has 3 rings (SSSR count). The van der Waals surface area contributed by atoms with E-state index in [0.717, 1.165) is 0 Å². The van der Waals surface area contributed by atoms with Crippen molar-refractivity contribution in [3.05, 3.63) is 93.3 Å². The van der Waals surface area contributed by atoms with Gasteiger partial charge in [0, 0.05) is 33.6 Å². The summed E-state index contributed by atoms with van der Waals surface area (Å²) in [5.41, 5.74) is 2.23. The van der Waals surface area contributed by atoms with Gasteiger partial charge in [-0.15, -0.1) is 0 Å². The lowest BCUT2D eigenvalue weighted by molar-refractivity contribution is -0.123. The predicted molar refractivity (Wildman–Crippen MR) is 119 cm³/mol. The van der Waals surface area contributed by atoms with Gasteiger partial charge in [-0.05, 0) is 61.9 Å². The monoisotopic (exact) mass is 478 g/mol. The summed E-state index contributed by atoms with van der Waals surface area (Å²) in [6.45, 7) is 1.78. The van der Waals surface area contributed by atoms with Gasteiger partial charge in [-0.1, -0.05) is 23.7 Å². The Morgan fingerprint density at radius 2 is 1.70 bits per heavy atom. The largest absolute Gasteiger partial charge is 0.405 e. The van der Waals surface area contributed by atoms with E-state index in [4.69, 9.17) is 11.6 Å². The Labute approximate surface area is 192 Å². The van der Waals surface area contributed by atoms with Crippen molar-refractivity contribution in [3.63, 3.8) is 0 Å². The number of aryl methyl sites for hydroxylation is 1. The first-order valence-corrected chi connectivity index (χ1v) is 10.2. The van der Waals surface area contributed by atoms with Crippen molar-refractivity contribution >= 4 is 34.7 Å². The number of halogens is 5. The zero-order valence-corrected chi connectivity index (χ0v) is 18.4. The molecule has 33 heavy (non-hydrogen) atoms. The van der Waals surface area contributed by atoms with Crippen molar-refractivity contribution in [2.75, 3.05) is 11.9 Å². The Morgan fingerprint density at radius 1 is 0.970 bits per heavy atom. The van der Waals surface area contributed by atoms with Crippen molar-refractivity contribution in [3.8, 4) is 0 Å². The zero-order valence-electron chi connectivity index (χ0n) is 17.6. The Balaban J connectivity index is 1.84. The Kier molecular flexibility index (Phi) is 7.07. The van der Waals surface area contributed by atoms with Gasteiger partial charge in [0.1, 0.15) is 12.4 Å². The van der Waals surface area contributed by atoms with Gasteiger partial charge in [-0.3, -0.25) is 9.59 Å². The molecule has 0 spiro atoms. The summed E-state index contributed by atoms with van der Waals surface area (Å²) in [7, 11) is 0. The van der Waals surface area contributed by atoms with Crippen LogP contribution in [0, 0.1) is 19.7 Å². The molecule has 172 valence electrons. The maximum atomic E-state index is 13.8. The van der Waals surface area contributed by atoms with Gasteiger partial charge in [-0.25, -0.2) is 4.39 Å². The van der Waals surface area contributed by atoms with Crippen LogP contribution in [0.1, 0.15) is 37.4 Å². The van der Waals surface area contributed by atoms with Crippen LogP contribution in [-0.2, 0) is 0 Å². The Hall–Kier alpha value is -3.39. The molecule has 1 amide bonds. The highest BCUT2D eigenvalue weighted by Crippen LogP contribution is 2.28. The number of rotatable bonds is 6. The van der Waals surface area contributed by atoms with Gasteiger partial charge < -0.3 is 10.6 Å². The molecule has 2 N–H and O–H groups in total. The maximum absolute atomic E-state index is 13.8. The highest BCUT2D eigenvalue weighted by molar-refractivity contribution is 6.35. The lowest BCUT2D eigenvalue weighted by Crippen LogP contribution is -2.33. The normalized spacial score (nSPS) is 11.2. The molecule has 3 aromatic carbocycles. The van der Waals surface area contributed by atoms with Crippen molar-refractivity contribution < 1.29 is 27.2 Å². The molecule has 0 aliphatic carbocycles. The third-order valence-corrected chi connectivity index (χ3v) is 5.27. The fourth-order valence-electron chi connectivity index (χ4n) is 3.11. The lowest BCUT2D eigenvalue weighted by Gasteiger charge is -2.13. The molecular weight excluding hydrogens is 460 g/mol. The molecule has 0 heterocycles. The van der Waals surface area contributed by atoms with Crippen molar-refractivity contribution in [1.82, 2.24) is 5.32 Å². The smallest absolute Gasteiger partial charge is 0.355 e. The first-order valence-electron chi connectivity index (χ1n) is 9.78. The molecule has 0 aromatic heterocycles. The first-order chi connectivity index (χ1) is 15.5. The third kappa shape index (κ3) is 5.90. The minimum Gasteiger partial charge on any atom is -0.355 e. The van der Waals surface area contributed by atoms with Crippen LogP contribution in [-0.4, -0.2) is 24.4 Å². The highest BCUT2D eigenvalue weighted by Gasteiger charge is 2.28. The number of carbonyl (C=O) groups is 2. The van der Waals surface area contributed by atoms with Crippen LogP contribution < -0.4 is 10.6 Å². The van der Waals surface area contributed by atoms with Crippen molar-refractivity contribution in [2.45, 2.75) is 20.0 Å². The van der Waals surface area contributed by atoms with Crippen LogP contribution >= 0.6 is 11.6 Å². The van der Waals surface area contributed by atoms with Gasteiger partial charge in [0.05, 0.1) is 5.02 Å². The molecule has 0 bridgehead atoms. The van der Waals surface area contributed by atoms with Gasteiger partial charge in [0.2, 0.25) is 0 Å². The fourth-order valence-corrected chi connectivity index (χ4v) is 3.38. The van der Waals surface area contributed by atoms with E-state index in [0.29, 0.717) is 22.5 Å².